The first kappa shape index (κ1) is 23.0. The first-order valence-electron chi connectivity index (χ1n) is 11.1. The summed E-state index contributed by atoms with van der Waals surface area (Å²) in [5.74, 6) is -1.72. The highest BCUT2D eigenvalue weighted by molar-refractivity contribution is 9.10. The van der Waals surface area contributed by atoms with Crippen molar-refractivity contribution >= 4 is 51.0 Å². The van der Waals surface area contributed by atoms with Crippen LogP contribution >= 0.6 is 15.9 Å². The highest BCUT2D eigenvalue weighted by Gasteiger charge is 2.38. The molecule has 0 aromatic heterocycles. The largest absolute Gasteiger partial charge is 0.426 e. The highest BCUT2D eigenvalue weighted by Crippen LogP contribution is 2.34. The van der Waals surface area contributed by atoms with Crippen molar-refractivity contribution in [1.82, 2.24) is 0 Å². The molecule has 3 amide bonds. The number of ether oxygens (including phenoxy) is 1. The molecular weight excluding hydrogens is 512 g/mol. The molecule has 1 atom stereocenters. The Kier molecular flexibility index (Phi) is 5.76. The van der Waals surface area contributed by atoms with Crippen molar-refractivity contribution in [3.63, 3.8) is 0 Å². The van der Waals surface area contributed by atoms with Gasteiger partial charge < -0.3 is 9.64 Å². The molecule has 176 valence electrons. The van der Waals surface area contributed by atoms with Crippen LogP contribution in [0.4, 0.5) is 11.4 Å². The van der Waals surface area contributed by atoms with Gasteiger partial charge in [-0.1, -0.05) is 33.6 Å². The number of imide groups is 1. The van der Waals surface area contributed by atoms with Crippen molar-refractivity contribution in [2.75, 3.05) is 16.3 Å². The van der Waals surface area contributed by atoms with E-state index < -0.39 is 23.7 Å². The van der Waals surface area contributed by atoms with Crippen molar-refractivity contribution in [2.24, 2.45) is 5.92 Å². The molecule has 2 aliphatic rings. The average molecular weight is 533 g/mol. The molecule has 3 aromatic carbocycles. The zero-order valence-electron chi connectivity index (χ0n) is 19.1. The van der Waals surface area contributed by atoms with E-state index >= 15 is 0 Å². The number of hydrogen-bond acceptors (Lipinski definition) is 5. The van der Waals surface area contributed by atoms with Crippen LogP contribution in [0, 0.1) is 19.8 Å². The molecule has 1 fully saturated rings. The summed E-state index contributed by atoms with van der Waals surface area (Å²) >= 11 is 3.33. The third-order valence-corrected chi connectivity index (χ3v) is 6.77. The van der Waals surface area contributed by atoms with Crippen LogP contribution in [0.1, 0.15) is 38.3 Å². The lowest BCUT2D eigenvalue weighted by Crippen LogP contribution is -2.30. The second-order valence-corrected chi connectivity index (χ2v) is 9.66. The Labute approximate surface area is 210 Å². The molecule has 8 heteroatoms. The number of halogens is 1. The smallest absolute Gasteiger partial charge is 0.316 e. The molecule has 0 spiro atoms. The Morgan fingerprint density at radius 2 is 1.63 bits per heavy atom. The number of carbonyl (C=O) groups excluding carboxylic acids is 4. The van der Waals surface area contributed by atoms with Gasteiger partial charge in [0.25, 0.3) is 11.8 Å². The summed E-state index contributed by atoms with van der Waals surface area (Å²) in [4.78, 5) is 53.8. The normalized spacial score (nSPS) is 17.2. The summed E-state index contributed by atoms with van der Waals surface area (Å²) in [6.07, 6.45) is 0.0778. The third kappa shape index (κ3) is 4.14. The van der Waals surface area contributed by atoms with E-state index in [0.717, 1.165) is 16.2 Å². The van der Waals surface area contributed by atoms with Gasteiger partial charge in [0.2, 0.25) is 5.91 Å². The molecular formula is C27H21BrN2O5. The van der Waals surface area contributed by atoms with Gasteiger partial charge in [0, 0.05) is 23.1 Å². The van der Waals surface area contributed by atoms with Gasteiger partial charge in [0.15, 0.2) is 0 Å². The van der Waals surface area contributed by atoms with E-state index in [4.69, 9.17) is 4.74 Å². The maximum atomic E-state index is 12.9. The van der Waals surface area contributed by atoms with Crippen LogP contribution in [0.25, 0.3) is 0 Å². The maximum absolute atomic E-state index is 12.9. The molecule has 0 N–H and O–H groups in total. The number of carbonyl (C=O) groups is 4. The van der Waals surface area contributed by atoms with Crippen LogP contribution in [0.5, 0.6) is 5.75 Å². The van der Waals surface area contributed by atoms with E-state index in [1.54, 1.807) is 48.2 Å². The lowest BCUT2D eigenvalue weighted by Gasteiger charge is -2.18. The van der Waals surface area contributed by atoms with Crippen molar-refractivity contribution in [3.05, 3.63) is 87.4 Å². The van der Waals surface area contributed by atoms with Crippen molar-refractivity contribution < 1.29 is 23.9 Å². The Morgan fingerprint density at radius 1 is 0.914 bits per heavy atom. The Hall–Kier alpha value is -3.78. The van der Waals surface area contributed by atoms with Gasteiger partial charge in [0.1, 0.15) is 5.75 Å². The molecule has 0 unspecified atom stereocenters. The molecule has 0 bridgehead atoms. The van der Waals surface area contributed by atoms with Gasteiger partial charge in [-0.3, -0.25) is 19.2 Å². The van der Waals surface area contributed by atoms with E-state index in [9.17, 15) is 19.2 Å². The number of amides is 3. The molecule has 1 saturated heterocycles. The number of rotatable bonds is 4. The van der Waals surface area contributed by atoms with Gasteiger partial charge in [-0.25, -0.2) is 4.90 Å². The highest BCUT2D eigenvalue weighted by atomic mass is 79.9. The summed E-state index contributed by atoms with van der Waals surface area (Å²) < 4.78 is 6.28. The topological polar surface area (TPSA) is 84.0 Å². The number of aryl methyl sites for hydroxylation is 2. The second kappa shape index (κ2) is 8.78. The predicted molar refractivity (Wildman–Crippen MR) is 134 cm³/mol. The fraction of sp³-hybridized carbons (Fsp3) is 0.185. The molecule has 7 nitrogen and oxygen atoms in total. The van der Waals surface area contributed by atoms with Crippen LogP contribution in [0.15, 0.2) is 65.1 Å². The van der Waals surface area contributed by atoms with Crippen molar-refractivity contribution in [1.29, 1.82) is 0 Å². The lowest BCUT2D eigenvalue weighted by atomic mass is 10.1. The molecule has 0 radical (unpaired) electrons. The lowest BCUT2D eigenvalue weighted by molar-refractivity contribution is -0.139. The van der Waals surface area contributed by atoms with Crippen LogP contribution < -0.4 is 14.5 Å². The first-order valence-corrected chi connectivity index (χ1v) is 11.9. The fourth-order valence-electron chi connectivity index (χ4n) is 4.41. The van der Waals surface area contributed by atoms with Crippen molar-refractivity contribution in [2.45, 2.75) is 20.3 Å². The average Bonchev–Trinajstić information content (AvgIpc) is 3.32. The minimum absolute atomic E-state index is 0.0778. The molecule has 3 aromatic rings. The number of anilines is 2. The number of nitrogens with zero attached hydrogens (tertiary/aromatic N) is 2. The number of fused-ring (bicyclic) bond motifs is 1. The molecule has 0 saturated carbocycles. The summed E-state index contributed by atoms with van der Waals surface area (Å²) in [6.45, 7) is 3.96. The van der Waals surface area contributed by atoms with E-state index in [2.05, 4.69) is 15.9 Å². The van der Waals surface area contributed by atoms with Crippen molar-refractivity contribution in [3.8, 4) is 5.75 Å². The van der Waals surface area contributed by atoms with Crippen LogP contribution in [0.3, 0.4) is 0 Å². The van der Waals surface area contributed by atoms with Gasteiger partial charge >= 0.3 is 5.97 Å². The molecule has 5 rings (SSSR count). The molecule has 0 aliphatic carbocycles. The number of hydrogen-bond donors (Lipinski definition) is 0. The minimum atomic E-state index is -0.585. The van der Waals surface area contributed by atoms with Crippen LogP contribution in [-0.4, -0.2) is 30.2 Å². The van der Waals surface area contributed by atoms with E-state index in [0.29, 0.717) is 26.9 Å². The number of benzene rings is 3. The predicted octanol–water partition coefficient (Wildman–Crippen LogP) is 4.83. The zero-order valence-corrected chi connectivity index (χ0v) is 20.7. The number of esters is 1. The summed E-state index contributed by atoms with van der Waals surface area (Å²) in [5.41, 5.74) is 3.55. The molecule has 2 aliphatic heterocycles. The van der Waals surface area contributed by atoms with Gasteiger partial charge in [-0.2, -0.15) is 0 Å². The molecule has 35 heavy (non-hydrogen) atoms. The monoisotopic (exact) mass is 532 g/mol. The Balaban J connectivity index is 1.30. The van der Waals surface area contributed by atoms with Gasteiger partial charge in [-0.05, 0) is 67.9 Å². The minimum Gasteiger partial charge on any atom is -0.426 e. The third-order valence-electron chi connectivity index (χ3n) is 6.28. The van der Waals surface area contributed by atoms with Gasteiger partial charge in [-0.15, -0.1) is 0 Å². The summed E-state index contributed by atoms with van der Waals surface area (Å²) in [7, 11) is 0. The first-order chi connectivity index (χ1) is 16.7. The Morgan fingerprint density at radius 3 is 2.34 bits per heavy atom. The second-order valence-electron chi connectivity index (χ2n) is 8.75. The van der Waals surface area contributed by atoms with Gasteiger partial charge in [0.05, 0.1) is 22.7 Å². The molecule has 2 heterocycles. The van der Waals surface area contributed by atoms with E-state index in [1.807, 2.05) is 31.2 Å². The zero-order chi connectivity index (χ0) is 24.9. The Bertz CT molecular complexity index is 1400. The SMILES string of the molecule is Cc1ccc(N2C[C@H](C(=O)Oc3ccc(N4C(=O)c5ccc(Br)cc5C4=O)c(C)c3)CC2=O)cc1. The summed E-state index contributed by atoms with van der Waals surface area (Å²) in [6, 6.07) is 17.3. The quantitative estimate of drug-likeness (QED) is 0.273. The van der Waals surface area contributed by atoms with Crippen LogP contribution in [-0.2, 0) is 9.59 Å². The van der Waals surface area contributed by atoms with E-state index in [1.165, 1.54) is 0 Å². The maximum Gasteiger partial charge on any atom is 0.316 e. The fourth-order valence-corrected chi connectivity index (χ4v) is 4.77. The summed E-state index contributed by atoms with van der Waals surface area (Å²) in [5, 5.41) is 0. The standard InChI is InChI=1S/C27H21BrN2O5/c1-15-3-6-19(7-4-15)29-14-17(12-24(29)31)27(34)35-20-8-10-23(16(2)11-20)30-25(32)21-9-5-18(28)13-22(21)26(30)33/h3-11,13,17H,12,14H2,1-2H3/t17-/m1/s1. The van der Waals surface area contributed by atoms with E-state index in [-0.39, 0.29) is 24.6 Å². The van der Waals surface area contributed by atoms with Crippen LogP contribution in [0.2, 0.25) is 0 Å².